The Morgan fingerprint density at radius 1 is 1.15 bits per heavy atom. The van der Waals surface area contributed by atoms with Crippen LogP contribution >= 0.6 is 11.6 Å². The summed E-state index contributed by atoms with van der Waals surface area (Å²) in [4.78, 5) is 20.4. The number of hydrogen-bond donors (Lipinski definition) is 1. The molecule has 0 aromatic heterocycles. The number of halogens is 4. The van der Waals surface area contributed by atoms with Gasteiger partial charge in [0.2, 0.25) is 6.61 Å². The summed E-state index contributed by atoms with van der Waals surface area (Å²) in [5.41, 5.74) is 3.24. The number of oxime groups is 1. The van der Waals surface area contributed by atoms with Crippen molar-refractivity contribution in [3.8, 4) is 17.6 Å². The molecule has 1 atom stereocenters. The number of nitriles is 1. The molecule has 0 fully saturated rings. The summed E-state index contributed by atoms with van der Waals surface area (Å²) in [6, 6.07) is 16.7. The lowest BCUT2D eigenvalue weighted by Crippen LogP contribution is -2.37. The van der Waals surface area contributed by atoms with Gasteiger partial charge in [-0.25, -0.2) is 0 Å². The smallest absolute Gasteiger partial charge is 0.497 e. The van der Waals surface area contributed by atoms with Gasteiger partial charge in [0.25, 0.3) is 5.91 Å². The zero-order valence-electron chi connectivity index (χ0n) is 21.5. The Hall–Kier alpha value is -4.43. The predicted octanol–water partition coefficient (Wildman–Crippen LogP) is 6.25. The van der Waals surface area contributed by atoms with Crippen LogP contribution in [-0.2, 0) is 16.1 Å². The second-order valence-corrected chi connectivity index (χ2v) is 9.20. The van der Waals surface area contributed by atoms with Crippen molar-refractivity contribution in [2.75, 3.05) is 30.5 Å². The highest BCUT2D eigenvalue weighted by Gasteiger charge is 2.34. The summed E-state index contributed by atoms with van der Waals surface area (Å²) in [7, 11) is 1.49. The number of fused-ring (bicyclic) bond motifs is 1. The van der Waals surface area contributed by atoms with E-state index in [0.29, 0.717) is 45.4 Å². The fourth-order valence-corrected chi connectivity index (χ4v) is 4.40. The molecule has 0 bridgehead atoms. The highest BCUT2D eigenvalue weighted by atomic mass is 35.5. The lowest BCUT2D eigenvalue weighted by Gasteiger charge is -2.27. The maximum atomic E-state index is 14.0. The second kappa shape index (κ2) is 12.2. The molecule has 1 amide bonds. The molecule has 3 aromatic rings. The van der Waals surface area contributed by atoms with Gasteiger partial charge in [-0.1, -0.05) is 35.0 Å². The Balaban J connectivity index is 1.70. The largest absolute Gasteiger partial charge is 0.573 e. The van der Waals surface area contributed by atoms with Crippen molar-refractivity contribution in [3.05, 3.63) is 82.4 Å². The molecule has 8 nitrogen and oxygen atoms in total. The van der Waals surface area contributed by atoms with E-state index in [0.717, 1.165) is 5.56 Å². The van der Waals surface area contributed by atoms with Crippen LogP contribution in [0.25, 0.3) is 0 Å². The lowest BCUT2D eigenvalue weighted by atomic mass is 10.0. The van der Waals surface area contributed by atoms with Gasteiger partial charge in [0.15, 0.2) is 0 Å². The summed E-state index contributed by atoms with van der Waals surface area (Å²) < 4.78 is 48.1. The molecule has 208 valence electrons. The minimum atomic E-state index is -4.86. The Morgan fingerprint density at radius 3 is 2.58 bits per heavy atom. The zero-order valence-corrected chi connectivity index (χ0v) is 22.2. The maximum absolute atomic E-state index is 14.0. The maximum Gasteiger partial charge on any atom is 0.573 e. The van der Waals surface area contributed by atoms with Crippen LogP contribution in [-0.4, -0.2) is 38.2 Å². The Bertz CT molecular complexity index is 1460. The molecule has 0 aliphatic carbocycles. The SMILES string of the molecule is COc1cc(NC(C(=O)N2CCc3ccc(OC(F)(F)F)cc32)c2ccc(Cl)cc2)cc(/C(C)=N/OCC#N)c1. The molecular formula is C28H24ClF3N4O4. The number of nitrogens with one attached hydrogen (secondary N) is 1. The van der Waals surface area contributed by atoms with Crippen LogP contribution in [0.5, 0.6) is 11.5 Å². The first kappa shape index (κ1) is 28.6. The predicted molar refractivity (Wildman–Crippen MR) is 144 cm³/mol. The molecule has 1 aliphatic rings. The van der Waals surface area contributed by atoms with E-state index >= 15 is 0 Å². The van der Waals surface area contributed by atoms with Gasteiger partial charge in [-0.05, 0) is 54.8 Å². The highest BCUT2D eigenvalue weighted by molar-refractivity contribution is 6.30. The number of methoxy groups -OCH3 is 1. The van der Waals surface area contributed by atoms with Crippen LogP contribution in [0.15, 0.2) is 65.8 Å². The summed E-state index contributed by atoms with van der Waals surface area (Å²) in [5.74, 6) is -0.331. The number of rotatable bonds is 9. The van der Waals surface area contributed by atoms with Crippen molar-refractivity contribution in [3.63, 3.8) is 0 Å². The van der Waals surface area contributed by atoms with Crippen LogP contribution in [0.4, 0.5) is 24.5 Å². The molecule has 4 rings (SSSR count). The van der Waals surface area contributed by atoms with E-state index in [9.17, 15) is 18.0 Å². The van der Waals surface area contributed by atoms with Gasteiger partial charge in [0.05, 0.1) is 18.5 Å². The average Bonchev–Trinajstić information content (AvgIpc) is 3.34. The quantitative estimate of drug-likeness (QED) is 0.185. The summed E-state index contributed by atoms with van der Waals surface area (Å²) >= 11 is 6.08. The Labute approximate surface area is 233 Å². The third kappa shape index (κ3) is 6.95. The van der Waals surface area contributed by atoms with E-state index in [1.165, 1.54) is 30.2 Å². The summed E-state index contributed by atoms with van der Waals surface area (Å²) in [5, 5.41) is 16.3. The van der Waals surface area contributed by atoms with Gasteiger partial charge in [0.1, 0.15) is 23.6 Å². The fraction of sp³-hybridized carbons (Fsp3) is 0.250. The van der Waals surface area contributed by atoms with Gasteiger partial charge < -0.3 is 24.5 Å². The fourth-order valence-electron chi connectivity index (χ4n) is 4.27. The number of alkyl halides is 3. The van der Waals surface area contributed by atoms with E-state index in [1.807, 2.05) is 6.07 Å². The Kier molecular flexibility index (Phi) is 8.70. The standard InChI is InChI=1S/C28H24ClF3N4O4/c1-17(35-39-12-10-33)20-13-22(15-24(14-20)38-2)34-26(19-3-6-21(29)7-4-19)27(37)36-11-9-18-5-8-23(16-25(18)36)40-28(30,31)32/h3-8,13-16,26,34H,9,11-12H2,1-2H3/b35-17+. The van der Waals surface area contributed by atoms with Gasteiger partial charge in [-0.3, -0.25) is 4.79 Å². The van der Waals surface area contributed by atoms with E-state index in [4.69, 9.17) is 26.4 Å². The average molecular weight is 573 g/mol. The third-order valence-corrected chi connectivity index (χ3v) is 6.36. The molecule has 0 spiro atoms. The van der Waals surface area contributed by atoms with Gasteiger partial charge in [-0.2, -0.15) is 5.26 Å². The van der Waals surface area contributed by atoms with Crippen molar-refractivity contribution < 1.29 is 32.3 Å². The minimum absolute atomic E-state index is 0.216. The van der Waals surface area contributed by atoms with Gasteiger partial charge in [0, 0.05) is 35.0 Å². The molecule has 1 heterocycles. The van der Waals surface area contributed by atoms with Crippen molar-refractivity contribution >= 4 is 34.6 Å². The van der Waals surface area contributed by atoms with Crippen LogP contribution in [0.2, 0.25) is 5.02 Å². The molecular weight excluding hydrogens is 549 g/mol. The zero-order chi connectivity index (χ0) is 28.9. The third-order valence-electron chi connectivity index (χ3n) is 6.10. The summed E-state index contributed by atoms with van der Waals surface area (Å²) in [6.45, 7) is 1.76. The minimum Gasteiger partial charge on any atom is -0.497 e. The number of benzene rings is 3. The first-order chi connectivity index (χ1) is 19.1. The molecule has 12 heteroatoms. The first-order valence-corrected chi connectivity index (χ1v) is 12.4. The van der Waals surface area contributed by atoms with E-state index < -0.39 is 24.1 Å². The van der Waals surface area contributed by atoms with Crippen molar-refractivity contribution in [2.45, 2.75) is 25.7 Å². The number of anilines is 2. The number of amides is 1. The highest BCUT2D eigenvalue weighted by Crippen LogP contribution is 2.36. The molecule has 0 saturated heterocycles. The lowest BCUT2D eigenvalue weighted by molar-refractivity contribution is -0.274. The normalized spacial score (nSPS) is 13.7. The molecule has 1 aliphatic heterocycles. The molecule has 0 saturated carbocycles. The number of hydrogen-bond acceptors (Lipinski definition) is 7. The van der Waals surface area contributed by atoms with Crippen LogP contribution in [0, 0.1) is 11.3 Å². The number of carbonyl (C=O) groups is 1. The van der Waals surface area contributed by atoms with E-state index in [1.54, 1.807) is 49.4 Å². The molecule has 40 heavy (non-hydrogen) atoms. The topological polar surface area (TPSA) is 96.2 Å². The second-order valence-electron chi connectivity index (χ2n) is 8.77. The monoisotopic (exact) mass is 572 g/mol. The van der Waals surface area contributed by atoms with Gasteiger partial charge in [-0.15, -0.1) is 13.2 Å². The van der Waals surface area contributed by atoms with Crippen LogP contribution in [0.1, 0.15) is 29.7 Å². The van der Waals surface area contributed by atoms with Crippen LogP contribution in [0.3, 0.4) is 0 Å². The van der Waals surface area contributed by atoms with Crippen molar-refractivity contribution in [1.29, 1.82) is 5.26 Å². The molecule has 0 radical (unpaired) electrons. The molecule has 3 aromatic carbocycles. The summed E-state index contributed by atoms with van der Waals surface area (Å²) in [6.07, 6.45) is -4.39. The Morgan fingerprint density at radius 2 is 1.90 bits per heavy atom. The molecule has 1 N–H and O–H groups in total. The van der Waals surface area contributed by atoms with Gasteiger partial charge >= 0.3 is 6.36 Å². The first-order valence-electron chi connectivity index (χ1n) is 12.0. The number of nitrogens with zero attached hydrogens (tertiary/aromatic N) is 3. The molecule has 1 unspecified atom stereocenters. The number of ether oxygens (including phenoxy) is 2. The van der Waals surface area contributed by atoms with Crippen LogP contribution < -0.4 is 19.7 Å². The van der Waals surface area contributed by atoms with Crippen molar-refractivity contribution in [2.24, 2.45) is 5.16 Å². The van der Waals surface area contributed by atoms with E-state index in [-0.39, 0.29) is 13.2 Å². The number of carbonyl (C=O) groups excluding carboxylic acids is 1. The van der Waals surface area contributed by atoms with E-state index in [2.05, 4.69) is 15.2 Å². The van der Waals surface area contributed by atoms with Crippen molar-refractivity contribution in [1.82, 2.24) is 0 Å².